The standard InChI is InChI=1S/C24H24FN5O5/c1-11-17(9-29-23-22(11)27-3-4-33-23)16-5-13-6-19(28-10-18(13)21(26)20(16)25)30-24(32)35-15-7-14(8-15)34-12(2)31/h5-6,9-10,14-15,27H,3-4,7-8,26H2,1-2H3,(H,28,30,32). The van der Waals surface area contributed by atoms with E-state index in [0.29, 0.717) is 48.2 Å². The Hall–Kier alpha value is -4.15. The first kappa shape index (κ1) is 22.6. The third kappa shape index (κ3) is 4.36. The molecule has 0 spiro atoms. The molecule has 1 aliphatic heterocycles. The second kappa shape index (κ2) is 8.90. The normalized spacial score (nSPS) is 18.5. The minimum atomic E-state index is -0.681. The molecule has 1 saturated carbocycles. The van der Waals surface area contributed by atoms with Crippen molar-refractivity contribution in [2.75, 3.05) is 29.5 Å². The van der Waals surface area contributed by atoms with Gasteiger partial charge in [-0.15, -0.1) is 0 Å². The number of nitrogens with zero attached hydrogens (tertiary/aromatic N) is 2. The number of rotatable bonds is 4. The molecule has 0 saturated heterocycles. The van der Waals surface area contributed by atoms with E-state index in [2.05, 4.69) is 20.6 Å². The molecule has 1 fully saturated rings. The van der Waals surface area contributed by atoms with Crippen LogP contribution in [-0.2, 0) is 14.3 Å². The van der Waals surface area contributed by atoms with Gasteiger partial charge in [0.25, 0.3) is 0 Å². The predicted molar refractivity (Wildman–Crippen MR) is 127 cm³/mol. The molecule has 35 heavy (non-hydrogen) atoms. The average Bonchev–Trinajstić information content (AvgIpc) is 2.80. The monoisotopic (exact) mass is 481 g/mol. The first-order chi connectivity index (χ1) is 16.8. The van der Waals surface area contributed by atoms with Crippen LogP contribution in [0.4, 0.5) is 26.4 Å². The average molecular weight is 481 g/mol. The van der Waals surface area contributed by atoms with Crippen LogP contribution < -0.4 is 21.1 Å². The van der Waals surface area contributed by atoms with Gasteiger partial charge in [0.05, 0.1) is 5.69 Å². The van der Waals surface area contributed by atoms with Crippen molar-refractivity contribution in [2.45, 2.75) is 38.9 Å². The molecule has 10 nitrogen and oxygen atoms in total. The molecule has 3 aromatic rings. The molecule has 4 N–H and O–H groups in total. The zero-order chi connectivity index (χ0) is 24.7. The van der Waals surface area contributed by atoms with Gasteiger partial charge in [-0.05, 0) is 30.0 Å². The summed E-state index contributed by atoms with van der Waals surface area (Å²) >= 11 is 0. The van der Waals surface area contributed by atoms with Crippen LogP contribution in [0.25, 0.3) is 21.9 Å². The zero-order valence-electron chi connectivity index (χ0n) is 19.2. The van der Waals surface area contributed by atoms with E-state index in [0.717, 1.165) is 11.3 Å². The van der Waals surface area contributed by atoms with Crippen LogP contribution >= 0.6 is 0 Å². The number of fused-ring (bicyclic) bond motifs is 2. The number of halogens is 1. The Morgan fingerprint density at radius 3 is 2.71 bits per heavy atom. The van der Waals surface area contributed by atoms with Gasteiger partial charge in [0.1, 0.15) is 30.3 Å². The van der Waals surface area contributed by atoms with Crippen molar-refractivity contribution < 1.29 is 28.2 Å². The summed E-state index contributed by atoms with van der Waals surface area (Å²) in [6, 6.07) is 3.25. The lowest BCUT2D eigenvalue weighted by atomic mass is 9.92. The second-order valence-corrected chi connectivity index (χ2v) is 8.55. The molecule has 2 aliphatic rings. The van der Waals surface area contributed by atoms with E-state index in [4.69, 9.17) is 19.9 Å². The number of carbonyl (C=O) groups is 2. The van der Waals surface area contributed by atoms with Gasteiger partial charge in [-0.1, -0.05) is 0 Å². The predicted octanol–water partition coefficient (Wildman–Crippen LogP) is 3.77. The highest BCUT2D eigenvalue weighted by Crippen LogP contribution is 2.39. The molecule has 0 radical (unpaired) electrons. The summed E-state index contributed by atoms with van der Waals surface area (Å²) in [7, 11) is 0. The number of nitrogens with one attached hydrogen (secondary N) is 2. The van der Waals surface area contributed by atoms with E-state index in [1.807, 2.05) is 6.92 Å². The van der Waals surface area contributed by atoms with Gasteiger partial charge in [0, 0.05) is 55.2 Å². The molecule has 5 rings (SSSR count). The summed E-state index contributed by atoms with van der Waals surface area (Å²) in [4.78, 5) is 31.7. The van der Waals surface area contributed by atoms with Crippen LogP contribution in [0.15, 0.2) is 24.5 Å². The highest BCUT2D eigenvalue weighted by Gasteiger charge is 2.34. The fraction of sp³-hybridized carbons (Fsp3) is 0.333. The van der Waals surface area contributed by atoms with E-state index in [1.165, 1.54) is 13.1 Å². The number of anilines is 3. The van der Waals surface area contributed by atoms with Crippen LogP contribution in [0.5, 0.6) is 5.88 Å². The van der Waals surface area contributed by atoms with Gasteiger partial charge in [-0.25, -0.2) is 19.2 Å². The third-order valence-electron chi connectivity index (χ3n) is 6.12. The lowest BCUT2D eigenvalue weighted by Crippen LogP contribution is -2.40. The Kier molecular flexibility index (Phi) is 5.75. The molecule has 1 aliphatic carbocycles. The maximum absolute atomic E-state index is 15.3. The van der Waals surface area contributed by atoms with E-state index >= 15 is 4.39 Å². The molecule has 1 amide bonds. The van der Waals surface area contributed by atoms with Crippen molar-refractivity contribution >= 4 is 40.0 Å². The maximum Gasteiger partial charge on any atom is 0.413 e. The number of benzene rings is 1. The Morgan fingerprint density at radius 2 is 1.94 bits per heavy atom. The summed E-state index contributed by atoms with van der Waals surface area (Å²) in [5.41, 5.74) is 8.42. The summed E-state index contributed by atoms with van der Waals surface area (Å²) in [6.45, 7) is 4.34. The first-order valence-corrected chi connectivity index (χ1v) is 11.2. The van der Waals surface area contributed by atoms with E-state index in [-0.39, 0.29) is 35.2 Å². The number of amides is 1. The summed E-state index contributed by atoms with van der Waals surface area (Å²) in [5, 5.41) is 6.83. The number of nitrogen functional groups attached to an aromatic ring is 1. The maximum atomic E-state index is 15.3. The van der Waals surface area contributed by atoms with Gasteiger partial charge < -0.3 is 25.3 Å². The molecule has 0 atom stereocenters. The first-order valence-electron chi connectivity index (χ1n) is 11.2. The van der Waals surface area contributed by atoms with Gasteiger partial charge in [-0.2, -0.15) is 0 Å². The van der Waals surface area contributed by atoms with Crippen molar-refractivity contribution in [3.8, 4) is 17.0 Å². The molecule has 11 heteroatoms. The Morgan fingerprint density at radius 1 is 1.17 bits per heavy atom. The topological polar surface area (TPSA) is 138 Å². The molecule has 0 unspecified atom stereocenters. The minimum Gasteiger partial charge on any atom is -0.474 e. The number of esters is 1. The number of nitrogens with two attached hydrogens (primary N) is 1. The van der Waals surface area contributed by atoms with Gasteiger partial charge in [0.15, 0.2) is 5.82 Å². The Bertz CT molecular complexity index is 1340. The van der Waals surface area contributed by atoms with Crippen molar-refractivity contribution in [3.63, 3.8) is 0 Å². The van der Waals surface area contributed by atoms with Gasteiger partial charge in [0.2, 0.25) is 5.88 Å². The Labute approximate surface area is 200 Å². The molecule has 1 aromatic carbocycles. The van der Waals surface area contributed by atoms with Crippen molar-refractivity contribution in [3.05, 3.63) is 35.9 Å². The lowest BCUT2D eigenvalue weighted by molar-refractivity contribution is -0.155. The number of hydrogen-bond acceptors (Lipinski definition) is 9. The number of aromatic nitrogens is 2. The molecule has 2 aromatic heterocycles. The second-order valence-electron chi connectivity index (χ2n) is 8.55. The van der Waals surface area contributed by atoms with Crippen LogP contribution in [0.3, 0.4) is 0 Å². The minimum absolute atomic E-state index is 0.0496. The lowest BCUT2D eigenvalue weighted by Gasteiger charge is -2.33. The van der Waals surface area contributed by atoms with Gasteiger partial charge in [-0.3, -0.25) is 10.1 Å². The van der Waals surface area contributed by atoms with E-state index < -0.39 is 11.9 Å². The summed E-state index contributed by atoms with van der Waals surface area (Å²) in [6.07, 6.45) is 2.61. The third-order valence-corrected chi connectivity index (χ3v) is 6.12. The van der Waals surface area contributed by atoms with Crippen molar-refractivity contribution in [1.82, 2.24) is 9.97 Å². The number of ether oxygens (including phenoxy) is 3. The molecule has 182 valence electrons. The summed E-state index contributed by atoms with van der Waals surface area (Å²) < 4.78 is 31.2. The number of pyridine rings is 2. The Balaban J connectivity index is 1.38. The fourth-order valence-electron chi connectivity index (χ4n) is 4.28. The van der Waals surface area contributed by atoms with Crippen molar-refractivity contribution in [2.24, 2.45) is 0 Å². The largest absolute Gasteiger partial charge is 0.474 e. The van der Waals surface area contributed by atoms with Gasteiger partial charge >= 0.3 is 12.1 Å². The van der Waals surface area contributed by atoms with Crippen LogP contribution in [0, 0.1) is 12.7 Å². The molecular formula is C24H24FN5O5. The SMILES string of the molecule is CC(=O)OC1CC(OC(=O)Nc2cc3cc(-c4cnc5c(c4C)NCCO5)c(F)c(N)c3cn2)C1. The van der Waals surface area contributed by atoms with Crippen LogP contribution in [0.2, 0.25) is 0 Å². The van der Waals surface area contributed by atoms with Crippen molar-refractivity contribution in [1.29, 1.82) is 0 Å². The van der Waals surface area contributed by atoms with Crippen LogP contribution in [-0.4, -0.2) is 47.4 Å². The molecule has 3 heterocycles. The molecular weight excluding hydrogens is 457 g/mol. The van der Waals surface area contributed by atoms with E-state index in [9.17, 15) is 9.59 Å². The number of carbonyl (C=O) groups excluding carboxylic acids is 2. The van der Waals surface area contributed by atoms with E-state index in [1.54, 1.807) is 18.3 Å². The zero-order valence-corrected chi connectivity index (χ0v) is 19.2. The smallest absolute Gasteiger partial charge is 0.413 e. The fourth-order valence-corrected chi connectivity index (χ4v) is 4.28. The highest BCUT2D eigenvalue weighted by molar-refractivity contribution is 5.99. The van der Waals surface area contributed by atoms with Crippen LogP contribution in [0.1, 0.15) is 25.3 Å². The number of hydrogen-bond donors (Lipinski definition) is 3. The quantitative estimate of drug-likeness (QED) is 0.375. The highest BCUT2D eigenvalue weighted by atomic mass is 19.1. The summed E-state index contributed by atoms with van der Waals surface area (Å²) in [5.74, 6) is -0.232. The molecule has 0 bridgehead atoms.